The first-order chi connectivity index (χ1) is 7.90. The Balaban J connectivity index is 2.79. The molecule has 6 heteroatoms. The van der Waals surface area contributed by atoms with Gasteiger partial charge in [0.2, 0.25) is 10.0 Å². The average molecular weight is 284 g/mol. The van der Waals surface area contributed by atoms with Gasteiger partial charge in [0.1, 0.15) is 0 Å². The molecule has 0 amide bonds. The van der Waals surface area contributed by atoms with Gasteiger partial charge >= 0.3 is 0 Å². The lowest BCUT2D eigenvalue weighted by atomic mass is 10.2. The molecule has 1 rings (SSSR count). The molecule has 3 unspecified atom stereocenters. The van der Waals surface area contributed by atoms with Gasteiger partial charge in [-0.2, -0.15) is 4.31 Å². The zero-order valence-corrected chi connectivity index (χ0v) is 12.3. The largest absolute Gasteiger partial charge is 0.375 e. The smallest absolute Gasteiger partial charge is 0.214 e. The molecule has 0 aliphatic carbocycles. The van der Waals surface area contributed by atoms with E-state index >= 15 is 0 Å². The Bertz CT molecular complexity index is 334. The summed E-state index contributed by atoms with van der Waals surface area (Å²) in [6, 6.07) is -0.0290. The van der Waals surface area contributed by atoms with Crippen molar-refractivity contribution in [3.8, 4) is 0 Å². The van der Waals surface area contributed by atoms with Crippen LogP contribution in [0.15, 0.2) is 0 Å². The van der Waals surface area contributed by atoms with Crippen LogP contribution in [0.3, 0.4) is 0 Å². The molecule has 0 bridgehead atoms. The van der Waals surface area contributed by atoms with Crippen molar-refractivity contribution < 1.29 is 13.2 Å². The van der Waals surface area contributed by atoms with E-state index in [0.717, 1.165) is 6.42 Å². The second kappa shape index (κ2) is 6.36. The molecule has 1 fully saturated rings. The van der Waals surface area contributed by atoms with Crippen LogP contribution in [0.4, 0.5) is 0 Å². The predicted octanol–water partition coefficient (Wildman–Crippen LogP) is 1.69. The summed E-state index contributed by atoms with van der Waals surface area (Å²) in [7, 11) is -3.22. The summed E-state index contributed by atoms with van der Waals surface area (Å²) in [5, 5.41) is 0. The van der Waals surface area contributed by atoms with Gasteiger partial charge in [-0.05, 0) is 19.3 Å². The van der Waals surface area contributed by atoms with Crippen molar-refractivity contribution in [1.29, 1.82) is 0 Å². The highest BCUT2D eigenvalue weighted by molar-refractivity contribution is 7.89. The lowest BCUT2D eigenvalue weighted by Gasteiger charge is -2.37. The first-order valence-electron chi connectivity index (χ1n) is 6.07. The van der Waals surface area contributed by atoms with Crippen LogP contribution in [-0.4, -0.2) is 49.7 Å². The molecule has 0 aromatic heterocycles. The predicted molar refractivity (Wildman–Crippen MR) is 69.9 cm³/mol. The molecule has 0 spiro atoms. The van der Waals surface area contributed by atoms with Gasteiger partial charge in [-0.1, -0.05) is 13.8 Å². The van der Waals surface area contributed by atoms with E-state index in [-0.39, 0.29) is 23.8 Å². The van der Waals surface area contributed by atoms with Gasteiger partial charge in [-0.25, -0.2) is 8.42 Å². The van der Waals surface area contributed by atoms with Gasteiger partial charge in [-0.3, -0.25) is 0 Å². The maximum atomic E-state index is 12.3. The van der Waals surface area contributed by atoms with Crippen LogP contribution >= 0.6 is 11.6 Å². The van der Waals surface area contributed by atoms with Crippen molar-refractivity contribution in [2.45, 2.75) is 39.3 Å². The van der Waals surface area contributed by atoms with Crippen molar-refractivity contribution in [2.24, 2.45) is 5.92 Å². The molecule has 3 atom stereocenters. The number of hydrogen-bond acceptors (Lipinski definition) is 3. The van der Waals surface area contributed by atoms with Crippen LogP contribution in [0.1, 0.15) is 27.2 Å². The molecule has 0 N–H and O–H groups in total. The summed E-state index contributed by atoms with van der Waals surface area (Å²) < 4.78 is 31.7. The maximum absolute atomic E-state index is 12.3. The molecular formula is C11H22ClNO3S. The minimum Gasteiger partial charge on any atom is -0.375 e. The van der Waals surface area contributed by atoms with Crippen LogP contribution in [0.2, 0.25) is 0 Å². The van der Waals surface area contributed by atoms with E-state index in [2.05, 4.69) is 0 Å². The summed E-state index contributed by atoms with van der Waals surface area (Å²) in [6.45, 7) is 6.69. The molecule has 0 saturated carbocycles. The van der Waals surface area contributed by atoms with Gasteiger partial charge in [-0.15, -0.1) is 11.6 Å². The minimum absolute atomic E-state index is 0.0164. The first-order valence-corrected chi connectivity index (χ1v) is 8.22. The van der Waals surface area contributed by atoms with E-state index < -0.39 is 10.0 Å². The molecular weight excluding hydrogens is 262 g/mol. The van der Waals surface area contributed by atoms with E-state index in [0.29, 0.717) is 19.0 Å². The number of alkyl halides is 1. The number of rotatable bonds is 5. The Kier molecular flexibility index (Phi) is 5.70. The van der Waals surface area contributed by atoms with Crippen molar-refractivity contribution in [1.82, 2.24) is 4.31 Å². The Labute approximate surface area is 109 Å². The summed E-state index contributed by atoms with van der Waals surface area (Å²) in [4.78, 5) is 0. The van der Waals surface area contributed by atoms with Gasteiger partial charge in [0.15, 0.2) is 0 Å². The molecule has 0 radical (unpaired) electrons. The third-order valence-corrected chi connectivity index (χ3v) is 5.68. The summed E-state index contributed by atoms with van der Waals surface area (Å²) in [5.41, 5.74) is 0. The van der Waals surface area contributed by atoms with Gasteiger partial charge in [0.25, 0.3) is 0 Å². The fourth-order valence-electron chi connectivity index (χ4n) is 1.98. The Morgan fingerprint density at radius 3 is 2.71 bits per heavy atom. The highest BCUT2D eigenvalue weighted by Gasteiger charge is 2.34. The van der Waals surface area contributed by atoms with Gasteiger partial charge in [0, 0.05) is 18.5 Å². The molecule has 102 valence electrons. The molecule has 0 aromatic rings. The third kappa shape index (κ3) is 4.09. The molecule has 1 saturated heterocycles. The molecule has 1 heterocycles. The van der Waals surface area contributed by atoms with Crippen molar-refractivity contribution in [2.75, 3.05) is 24.8 Å². The van der Waals surface area contributed by atoms with Crippen molar-refractivity contribution in [3.05, 3.63) is 0 Å². The summed E-state index contributed by atoms with van der Waals surface area (Å²) >= 11 is 5.69. The molecule has 0 aromatic carbocycles. The number of nitrogens with zero attached hydrogens (tertiary/aromatic N) is 1. The fourth-order valence-corrected chi connectivity index (χ4v) is 4.34. The van der Waals surface area contributed by atoms with Crippen LogP contribution in [0, 0.1) is 5.92 Å². The standard InChI is InChI=1S/C11H22ClNO3S/c1-4-11-7-16-10(3)6-13(11)17(14,15)8-9(2)5-12/h9-11H,4-8H2,1-3H3. The fraction of sp³-hybridized carbons (Fsp3) is 1.00. The van der Waals surface area contributed by atoms with E-state index in [9.17, 15) is 8.42 Å². The molecule has 1 aliphatic heterocycles. The Hall–Kier alpha value is 0.160. The lowest BCUT2D eigenvalue weighted by Crippen LogP contribution is -2.52. The Morgan fingerprint density at radius 1 is 1.53 bits per heavy atom. The van der Waals surface area contributed by atoms with Crippen LogP contribution in [-0.2, 0) is 14.8 Å². The van der Waals surface area contributed by atoms with Gasteiger partial charge in [0.05, 0.1) is 18.5 Å². The number of sulfonamides is 1. The Morgan fingerprint density at radius 2 is 2.18 bits per heavy atom. The SMILES string of the molecule is CCC1COC(C)CN1S(=O)(=O)CC(C)CCl. The van der Waals surface area contributed by atoms with E-state index in [1.165, 1.54) is 0 Å². The average Bonchev–Trinajstić information content (AvgIpc) is 2.28. The third-order valence-electron chi connectivity index (χ3n) is 3.00. The van der Waals surface area contributed by atoms with Crippen LogP contribution in [0.5, 0.6) is 0 Å². The quantitative estimate of drug-likeness (QED) is 0.722. The highest BCUT2D eigenvalue weighted by Crippen LogP contribution is 2.20. The zero-order valence-electron chi connectivity index (χ0n) is 10.7. The number of ether oxygens (including phenoxy) is 1. The summed E-state index contributed by atoms with van der Waals surface area (Å²) in [6.07, 6.45) is 0.750. The monoisotopic (exact) mass is 283 g/mol. The van der Waals surface area contributed by atoms with E-state index in [4.69, 9.17) is 16.3 Å². The number of morpholine rings is 1. The number of hydrogen-bond donors (Lipinski definition) is 0. The van der Waals surface area contributed by atoms with Crippen LogP contribution in [0.25, 0.3) is 0 Å². The molecule has 4 nitrogen and oxygen atoms in total. The second-order valence-corrected chi connectivity index (χ2v) is 7.09. The van der Waals surface area contributed by atoms with E-state index in [1.807, 2.05) is 20.8 Å². The molecule has 17 heavy (non-hydrogen) atoms. The van der Waals surface area contributed by atoms with Crippen LogP contribution < -0.4 is 0 Å². The lowest BCUT2D eigenvalue weighted by molar-refractivity contribution is -0.0231. The zero-order chi connectivity index (χ0) is 13.1. The normalized spacial score (nSPS) is 29.2. The number of halogens is 1. The van der Waals surface area contributed by atoms with Gasteiger partial charge < -0.3 is 4.74 Å². The summed E-state index contributed by atoms with van der Waals surface area (Å²) in [5.74, 6) is 0.479. The van der Waals surface area contributed by atoms with Crippen molar-refractivity contribution >= 4 is 21.6 Å². The second-order valence-electron chi connectivity index (χ2n) is 4.81. The topological polar surface area (TPSA) is 46.6 Å². The maximum Gasteiger partial charge on any atom is 0.214 e. The minimum atomic E-state index is -3.22. The first kappa shape index (κ1) is 15.2. The molecule has 1 aliphatic rings. The highest BCUT2D eigenvalue weighted by atomic mass is 35.5. The van der Waals surface area contributed by atoms with E-state index in [1.54, 1.807) is 4.31 Å². The van der Waals surface area contributed by atoms with Crippen molar-refractivity contribution in [3.63, 3.8) is 0 Å².